The number of hydrogen-bond acceptors (Lipinski definition) is 3. The van der Waals surface area contributed by atoms with Gasteiger partial charge in [0.15, 0.2) is 0 Å². The number of aliphatic hydroxyl groups is 1. The Hall–Kier alpha value is -2.53. The molecule has 2 aromatic rings. The van der Waals surface area contributed by atoms with E-state index in [2.05, 4.69) is 10.6 Å². The molecule has 122 valence electrons. The first-order valence-corrected chi connectivity index (χ1v) is 7.71. The molecule has 0 unspecified atom stereocenters. The van der Waals surface area contributed by atoms with E-state index in [1.165, 1.54) is 0 Å². The number of aliphatic hydroxyl groups excluding tert-OH is 1. The van der Waals surface area contributed by atoms with E-state index in [0.717, 1.165) is 16.9 Å². The van der Waals surface area contributed by atoms with Crippen molar-refractivity contribution in [1.29, 1.82) is 0 Å². The molecule has 5 nitrogen and oxygen atoms in total. The molecule has 0 fully saturated rings. The molecule has 0 atom stereocenters. The van der Waals surface area contributed by atoms with Gasteiger partial charge in [0.25, 0.3) is 0 Å². The molecular weight excluding hydrogens is 292 g/mol. The standard InChI is InChI=1S/C18H22N2O3/c21-13-6-11-19-18(22)20-12-14-23-17-10-5-4-9-16(17)15-7-2-1-3-8-15/h1-5,7-10,21H,6,11-14H2,(H2,19,20,22). The molecule has 2 aromatic carbocycles. The molecule has 5 heteroatoms. The molecular formula is C18H22N2O3. The van der Waals surface area contributed by atoms with Crippen LogP contribution in [0.3, 0.4) is 0 Å². The van der Waals surface area contributed by atoms with Gasteiger partial charge >= 0.3 is 6.03 Å². The summed E-state index contributed by atoms with van der Waals surface area (Å²) < 4.78 is 5.79. The predicted octanol–water partition coefficient (Wildman–Crippen LogP) is 2.41. The van der Waals surface area contributed by atoms with Gasteiger partial charge in [-0.05, 0) is 18.1 Å². The van der Waals surface area contributed by atoms with Gasteiger partial charge in [0.05, 0.1) is 6.54 Å². The molecule has 3 N–H and O–H groups in total. The largest absolute Gasteiger partial charge is 0.491 e. The SMILES string of the molecule is O=C(NCCCO)NCCOc1ccccc1-c1ccccc1. The lowest BCUT2D eigenvalue weighted by molar-refractivity contribution is 0.234. The van der Waals surface area contributed by atoms with Crippen LogP contribution in [0.25, 0.3) is 11.1 Å². The lowest BCUT2D eigenvalue weighted by Gasteiger charge is -2.12. The maximum absolute atomic E-state index is 11.5. The summed E-state index contributed by atoms with van der Waals surface area (Å²) in [6, 6.07) is 17.6. The van der Waals surface area contributed by atoms with E-state index in [4.69, 9.17) is 9.84 Å². The van der Waals surface area contributed by atoms with Crippen molar-refractivity contribution in [2.24, 2.45) is 0 Å². The number of para-hydroxylation sites is 1. The topological polar surface area (TPSA) is 70.6 Å². The summed E-state index contributed by atoms with van der Waals surface area (Å²) in [6.45, 7) is 1.32. The molecule has 0 spiro atoms. The van der Waals surface area contributed by atoms with E-state index in [1.54, 1.807) is 0 Å². The zero-order valence-electron chi connectivity index (χ0n) is 13.0. The van der Waals surface area contributed by atoms with Gasteiger partial charge in [-0.15, -0.1) is 0 Å². The molecule has 0 aromatic heterocycles. The van der Waals surface area contributed by atoms with Crippen LogP contribution in [-0.4, -0.2) is 37.4 Å². The Morgan fingerprint density at radius 2 is 1.65 bits per heavy atom. The smallest absolute Gasteiger partial charge is 0.314 e. The van der Waals surface area contributed by atoms with Gasteiger partial charge in [-0.2, -0.15) is 0 Å². The highest BCUT2D eigenvalue weighted by molar-refractivity contribution is 5.73. The Morgan fingerprint density at radius 3 is 2.43 bits per heavy atom. The Labute approximate surface area is 136 Å². The van der Waals surface area contributed by atoms with Crippen molar-refractivity contribution in [2.45, 2.75) is 6.42 Å². The third-order valence-corrected chi connectivity index (χ3v) is 3.24. The summed E-state index contributed by atoms with van der Waals surface area (Å²) in [6.07, 6.45) is 0.550. The molecule has 0 radical (unpaired) electrons. The van der Waals surface area contributed by atoms with Crippen molar-refractivity contribution in [3.63, 3.8) is 0 Å². The molecule has 0 saturated carbocycles. The highest BCUT2D eigenvalue weighted by atomic mass is 16.5. The minimum atomic E-state index is -0.251. The number of hydrogen-bond donors (Lipinski definition) is 3. The summed E-state index contributed by atoms with van der Waals surface area (Å²) in [5.74, 6) is 0.793. The van der Waals surface area contributed by atoms with Crippen LogP contribution in [0.15, 0.2) is 54.6 Å². The zero-order chi connectivity index (χ0) is 16.3. The molecule has 2 amide bonds. The average Bonchev–Trinajstić information content (AvgIpc) is 2.60. The van der Waals surface area contributed by atoms with E-state index >= 15 is 0 Å². The molecule has 0 aliphatic heterocycles. The molecule has 0 bridgehead atoms. The van der Waals surface area contributed by atoms with Crippen molar-refractivity contribution < 1.29 is 14.6 Å². The van der Waals surface area contributed by atoms with Crippen LogP contribution in [0.4, 0.5) is 4.79 Å². The monoisotopic (exact) mass is 314 g/mol. The quantitative estimate of drug-likeness (QED) is 0.655. The Kier molecular flexibility index (Phi) is 6.94. The van der Waals surface area contributed by atoms with Crippen LogP contribution >= 0.6 is 0 Å². The first-order valence-electron chi connectivity index (χ1n) is 7.71. The predicted molar refractivity (Wildman–Crippen MR) is 90.5 cm³/mol. The van der Waals surface area contributed by atoms with Gasteiger partial charge in [-0.1, -0.05) is 48.5 Å². The number of carbonyl (C=O) groups is 1. The number of amides is 2. The van der Waals surface area contributed by atoms with E-state index < -0.39 is 0 Å². The van der Waals surface area contributed by atoms with Crippen molar-refractivity contribution >= 4 is 6.03 Å². The summed E-state index contributed by atoms with van der Waals surface area (Å²) in [5.41, 5.74) is 2.12. The second kappa shape index (κ2) is 9.48. The Balaban J connectivity index is 1.82. The van der Waals surface area contributed by atoms with Gasteiger partial charge in [0.2, 0.25) is 0 Å². The van der Waals surface area contributed by atoms with Gasteiger partial charge in [0.1, 0.15) is 12.4 Å². The third-order valence-electron chi connectivity index (χ3n) is 3.24. The highest BCUT2D eigenvalue weighted by Gasteiger charge is 2.05. The number of nitrogens with one attached hydrogen (secondary N) is 2. The van der Waals surface area contributed by atoms with Crippen molar-refractivity contribution in [2.75, 3.05) is 26.3 Å². The maximum Gasteiger partial charge on any atom is 0.314 e. The van der Waals surface area contributed by atoms with Crippen LogP contribution in [0.5, 0.6) is 5.75 Å². The first kappa shape index (κ1) is 16.8. The van der Waals surface area contributed by atoms with Crippen molar-refractivity contribution in [1.82, 2.24) is 10.6 Å². The summed E-state index contributed by atoms with van der Waals surface area (Å²) in [5, 5.41) is 14.0. The Morgan fingerprint density at radius 1 is 0.957 bits per heavy atom. The van der Waals surface area contributed by atoms with Gasteiger partial charge in [-0.25, -0.2) is 4.79 Å². The van der Waals surface area contributed by atoms with Gasteiger partial charge < -0.3 is 20.5 Å². The van der Waals surface area contributed by atoms with Crippen molar-refractivity contribution in [3.05, 3.63) is 54.6 Å². The average molecular weight is 314 g/mol. The summed E-state index contributed by atoms with van der Waals surface area (Å²) >= 11 is 0. The van der Waals surface area contributed by atoms with Crippen LogP contribution in [-0.2, 0) is 0 Å². The number of urea groups is 1. The molecule has 0 aliphatic rings. The molecule has 2 rings (SSSR count). The fourth-order valence-corrected chi connectivity index (χ4v) is 2.12. The minimum Gasteiger partial charge on any atom is -0.491 e. The molecule has 0 heterocycles. The van der Waals surface area contributed by atoms with Gasteiger partial charge in [-0.3, -0.25) is 0 Å². The second-order valence-corrected chi connectivity index (χ2v) is 4.97. The van der Waals surface area contributed by atoms with Gasteiger partial charge in [0, 0.05) is 18.7 Å². The lowest BCUT2D eigenvalue weighted by atomic mass is 10.1. The fraction of sp³-hybridized carbons (Fsp3) is 0.278. The van der Waals surface area contributed by atoms with E-state index in [9.17, 15) is 4.79 Å². The number of benzene rings is 2. The molecule has 0 aliphatic carbocycles. The van der Waals surface area contributed by atoms with Crippen LogP contribution in [0.2, 0.25) is 0 Å². The van der Waals surface area contributed by atoms with Crippen LogP contribution < -0.4 is 15.4 Å². The fourth-order valence-electron chi connectivity index (χ4n) is 2.12. The van der Waals surface area contributed by atoms with Crippen molar-refractivity contribution in [3.8, 4) is 16.9 Å². The Bertz CT molecular complexity index is 602. The highest BCUT2D eigenvalue weighted by Crippen LogP contribution is 2.29. The third kappa shape index (κ3) is 5.64. The zero-order valence-corrected chi connectivity index (χ0v) is 13.0. The van der Waals surface area contributed by atoms with E-state index in [0.29, 0.717) is 26.1 Å². The minimum absolute atomic E-state index is 0.0691. The number of ether oxygens (including phenoxy) is 1. The van der Waals surface area contributed by atoms with E-state index in [1.807, 2.05) is 54.6 Å². The lowest BCUT2D eigenvalue weighted by Crippen LogP contribution is -2.38. The van der Waals surface area contributed by atoms with Crippen LogP contribution in [0, 0.1) is 0 Å². The molecule has 0 saturated heterocycles. The number of carbonyl (C=O) groups excluding carboxylic acids is 1. The van der Waals surface area contributed by atoms with E-state index in [-0.39, 0.29) is 12.6 Å². The number of rotatable bonds is 8. The molecule has 23 heavy (non-hydrogen) atoms. The normalized spacial score (nSPS) is 10.1. The maximum atomic E-state index is 11.5. The summed E-state index contributed by atoms with van der Waals surface area (Å²) in [7, 11) is 0. The first-order chi connectivity index (χ1) is 11.3. The summed E-state index contributed by atoms with van der Waals surface area (Å²) in [4.78, 5) is 11.5. The van der Waals surface area contributed by atoms with Crippen LogP contribution in [0.1, 0.15) is 6.42 Å². The second-order valence-electron chi connectivity index (χ2n) is 4.97.